The lowest BCUT2D eigenvalue weighted by atomic mass is 10.1. The molecule has 1 N–H and O–H groups in total. The minimum absolute atomic E-state index is 0.0730. The van der Waals surface area contributed by atoms with Gasteiger partial charge in [0.15, 0.2) is 11.5 Å². The van der Waals surface area contributed by atoms with E-state index < -0.39 is 0 Å². The summed E-state index contributed by atoms with van der Waals surface area (Å²) in [5, 5.41) is 19.4. The molecule has 1 heterocycles. The number of likely N-dealkylation sites (tertiary alicyclic amines) is 1. The Morgan fingerprint density at radius 1 is 1.30 bits per heavy atom. The molecule has 1 fully saturated rings. The first-order chi connectivity index (χ1) is 9.67. The molecule has 1 saturated heterocycles. The van der Waals surface area contributed by atoms with Crippen molar-refractivity contribution in [3.8, 4) is 17.6 Å². The van der Waals surface area contributed by atoms with Gasteiger partial charge in [-0.1, -0.05) is 12.8 Å². The summed E-state index contributed by atoms with van der Waals surface area (Å²) in [4.78, 5) is 2.21. The van der Waals surface area contributed by atoms with Crippen molar-refractivity contribution in [2.24, 2.45) is 0 Å². The van der Waals surface area contributed by atoms with Crippen LogP contribution in [0.15, 0.2) is 16.6 Å². The van der Waals surface area contributed by atoms with Crippen molar-refractivity contribution in [2.75, 3.05) is 20.2 Å². The van der Waals surface area contributed by atoms with Gasteiger partial charge in [0.2, 0.25) is 0 Å². The number of hydrogen-bond donors (Lipinski definition) is 1. The average molecular weight is 339 g/mol. The quantitative estimate of drug-likeness (QED) is 0.914. The van der Waals surface area contributed by atoms with E-state index in [4.69, 9.17) is 4.74 Å². The van der Waals surface area contributed by atoms with E-state index in [1.54, 1.807) is 12.1 Å². The lowest BCUT2D eigenvalue weighted by Gasteiger charge is -2.26. The summed E-state index contributed by atoms with van der Waals surface area (Å²) in [6, 6.07) is 5.64. The van der Waals surface area contributed by atoms with Crippen LogP contribution in [-0.2, 0) is 0 Å². The number of phenolic OH excluding ortho intramolecular Hbond substituents is 1. The summed E-state index contributed by atoms with van der Waals surface area (Å²) in [7, 11) is 1.51. The fourth-order valence-corrected chi connectivity index (χ4v) is 3.09. The van der Waals surface area contributed by atoms with Gasteiger partial charge in [0.05, 0.1) is 17.7 Å². The molecular formula is C15H19BrN2O2. The molecule has 2 rings (SSSR count). The van der Waals surface area contributed by atoms with E-state index in [1.807, 2.05) is 0 Å². The fraction of sp³-hybridized carbons (Fsp3) is 0.533. The van der Waals surface area contributed by atoms with Gasteiger partial charge in [0.25, 0.3) is 0 Å². The van der Waals surface area contributed by atoms with E-state index in [9.17, 15) is 10.4 Å². The van der Waals surface area contributed by atoms with Gasteiger partial charge in [-0.05, 0) is 59.6 Å². The number of rotatable bonds is 3. The summed E-state index contributed by atoms with van der Waals surface area (Å²) < 4.78 is 5.72. The smallest absolute Gasteiger partial charge is 0.172 e. The third-order valence-electron chi connectivity index (χ3n) is 3.71. The molecule has 1 aliphatic heterocycles. The monoisotopic (exact) mass is 338 g/mol. The largest absolute Gasteiger partial charge is 0.503 e. The highest BCUT2D eigenvalue weighted by molar-refractivity contribution is 9.10. The Labute approximate surface area is 128 Å². The number of benzene rings is 1. The van der Waals surface area contributed by atoms with Gasteiger partial charge in [0, 0.05) is 0 Å². The van der Waals surface area contributed by atoms with Crippen LogP contribution >= 0.6 is 15.9 Å². The third-order valence-corrected chi connectivity index (χ3v) is 4.32. The molecule has 4 nitrogen and oxygen atoms in total. The molecule has 5 heteroatoms. The molecule has 1 atom stereocenters. The first-order valence-electron chi connectivity index (χ1n) is 6.87. The Balaban J connectivity index is 2.31. The van der Waals surface area contributed by atoms with Crippen LogP contribution in [0, 0.1) is 11.3 Å². The third kappa shape index (κ3) is 3.25. The lowest BCUT2D eigenvalue weighted by molar-refractivity contribution is 0.245. The second kappa shape index (κ2) is 6.96. The highest BCUT2D eigenvalue weighted by Crippen LogP contribution is 2.38. The van der Waals surface area contributed by atoms with Crippen molar-refractivity contribution in [3.63, 3.8) is 0 Å². The van der Waals surface area contributed by atoms with Gasteiger partial charge in [0.1, 0.15) is 6.04 Å². The number of nitrogens with zero attached hydrogens (tertiary/aromatic N) is 2. The van der Waals surface area contributed by atoms with Crippen LogP contribution in [0.5, 0.6) is 11.5 Å². The van der Waals surface area contributed by atoms with Gasteiger partial charge < -0.3 is 9.84 Å². The van der Waals surface area contributed by atoms with E-state index in [2.05, 4.69) is 26.9 Å². The van der Waals surface area contributed by atoms with Crippen LogP contribution in [-0.4, -0.2) is 30.2 Å². The number of ether oxygens (including phenoxy) is 1. The number of aromatic hydroxyl groups is 1. The lowest BCUT2D eigenvalue weighted by Crippen LogP contribution is -2.29. The molecule has 0 amide bonds. The molecule has 0 saturated carbocycles. The van der Waals surface area contributed by atoms with Crippen LogP contribution in [0.25, 0.3) is 0 Å². The Kier molecular flexibility index (Phi) is 5.27. The number of nitriles is 1. The van der Waals surface area contributed by atoms with E-state index in [0.717, 1.165) is 31.5 Å². The first-order valence-corrected chi connectivity index (χ1v) is 7.66. The summed E-state index contributed by atoms with van der Waals surface area (Å²) in [6.07, 6.45) is 4.73. The standard InChI is InChI=1S/C15H19BrN2O2/c1-20-14-9-11(8-12(16)15(14)19)13(10-17)18-6-4-2-3-5-7-18/h8-9,13,19H,2-7H2,1H3. The summed E-state index contributed by atoms with van der Waals surface area (Å²) in [5.41, 5.74) is 0.857. The van der Waals surface area contributed by atoms with E-state index in [0.29, 0.717) is 10.2 Å². The zero-order valence-electron chi connectivity index (χ0n) is 11.6. The molecule has 1 unspecified atom stereocenters. The van der Waals surface area contributed by atoms with Gasteiger partial charge >= 0.3 is 0 Å². The maximum absolute atomic E-state index is 9.86. The molecule has 0 aliphatic carbocycles. The molecule has 0 aromatic heterocycles. The number of phenols is 1. The van der Waals surface area contributed by atoms with Gasteiger partial charge in [-0.3, -0.25) is 4.90 Å². The summed E-state index contributed by atoms with van der Waals surface area (Å²) in [5.74, 6) is 0.466. The Morgan fingerprint density at radius 2 is 1.95 bits per heavy atom. The predicted molar refractivity (Wildman–Crippen MR) is 80.8 cm³/mol. The van der Waals surface area contributed by atoms with E-state index in [-0.39, 0.29) is 11.8 Å². The van der Waals surface area contributed by atoms with Gasteiger partial charge in [-0.2, -0.15) is 5.26 Å². The Morgan fingerprint density at radius 3 is 2.50 bits per heavy atom. The Hall–Kier alpha value is -1.25. The highest BCUT2D eigenvalue weighted by atomic mass is 79.9. The van der Waals surface area contributed by atoms with E-state index >= 15 is 0 Å². The Bertz CT molecular complexity index is 505. The van der Waals surface area contributed by atoms with Gasteiger partial charge in [-0.15, -0.1) is 0 Å². The molecule has 1 aromatic carbocycles. The van der Waals surface area contributed by atoms with Crippen LogP contribution in [0.3, 0.4) is 0 Å². The molecule has 1 aromatic rings. The molecular weight excluding hydrogens is 320 g/mol. The number of halogens is 1. The van der Waals surface area contributed by atoms with Crippen molar-refractivity contribution in [1.29, 1.82) is 5.26 Å². The molecule has 108 valence electrons. The van der Waals surface area contributed by atoms with E-state index in [1.165, 1.54) is 20.0 Å². The summed E-state index contributed by atoms with van der Waals surface area (Å²) >= 11 is 3.32. The van der Waals surface area contributed by atoms with Crippen LogP contribution in [0.1, 0.15) is 37.3 Å². The minimum Gasteiger partial charge on any atom is -0.503 e. The van der Waals surface area contributed by atoms with Crippen molar-refractivity contribution in [1.82, 2.24) is 4.90 Å². The molecule has 1 aliphatic rings. The maximum Gasteiger partial charge on any atom is 0.172 e. The van der Waals surface area contributed by atoms with Crippen molar-refractivity contribution < 1.29 is 9.84 Å². The average Bonchev–Trinajstić information content (AvgIpc) is 2.72. The zero-order chi connectivity index (χ0) is 14.5. The predicted octanol–water partition coefficient (Wildman–Crippen LogP) is 3.60. The van der Waals surface area contributed by atoms with Crippen molar-refractivity contribution in [2.45, 2.75) is 31.7 Å². The van der Waals surface area contributed by atoms with Crippen molar-refractivity contribution >= 4 is 15.9 Å². The molecule has 0 bridgehead atoms. The molecule has 0 spiro atoms. The number of hydrogen-bond acceptors (Lipinski definition) is 4. The summed E-state index contributed by atoms with van der Waals surface area (Å²) in [6.45, 7) is 1.89. The molecule has 0 radical (unpaired) electrons. The van der Waals surface area contributed by atoms with Crippen molar-refractivity contribution in [3.05, 3.63) is 22.2 Å². The van der Waals surface area contributed by atoms with Gasteiger partial charge in [-0.25, -0.2) is 0 Å². The zero-order valence-corrected chi connectivity index (χ0v) is 13.2. The minimum atomic E-state index is -0.293. The maximum atomic E-state index is 9.86. The first kappa shape index (κ1) is 15.1. The second-order valence-electron chi connectivity index (χ2n) is 5.04. The van der Waals surface area contributed by atoms with Crippen LogP contribution in [0.4, 0.5) is 0 Å². The van der Waals surface area contributed by atoms with Crippen LogP contribution < -0.4 is 4.74 Å². The normalized spacial score (nSPS) is 18.1. The fourth-order valence-electron chi connectivity index (χ4n) is 2.63. The van der Waals surface area contributed by atoms with Crippen LogP contribution in [0.2, 0.25) is 0 Å². The topological polar surface area (TPSA) is 56.5 Å². The second-order valence-corrected chi connectivity index (χ2v) is 5.89. The SMILES string of the molecule is COc1cc(C(C#N)N2CCCCCC2)cc(Br)c1O. The highest BCUT2D eigenvalue weighted by Gasteiger charge is 2.23. The number of methoxy groups -OCH3 is 1. The molecule has 20 heavy (non-hydrogen) atoms.